The highest BCUT2D eigenvalue weighted by atomic mass is 32.2. The Morgan fingerprint density at radius 1 is 1.18 bits per heavy atom. The molecule has 1 fully saturated rings. The molecule has 9 nitrogen and oxygen atoms in total. The lowest BCUT2D eigenvalue weighted by Gasteiger charge is -2.35. The smallest absolute Gasteiger partial charge is 0.371 e. The number of piperidine rings is 1. The number of thioether (sulfide) groups is 1. The SMILES string of the molecule is CN1C(=O)[C@@H](NC(=O)c2nnn(Cc3ccccc3)n2)CSc2ccc(N3CCC[C@@H](C(F)(F)F)C3)cc21. The van der Waals surface area contributed by atoms with E-state index in [2.05, 4.69) is 20.7 Å². The summed E-state index contributed by atoms with van der Waals surface area (Å²) in [5.41, 5.74) is 2.18. The minimum atomic E-state index is -4.24. The van der Waals surface area contributed by atoms with Gasteiger partial charge in [-0.1, -0.05) is 30.3 Å². The van der Waals surface area contributed by atoms with Crippen LogP contribution in [0.15, 0.2) is 53.4 Å². The number of hydrogen-bond acceptors (Lipinski definition) is 7. The maximum Gasteiger partial charge on any atom is 0.393 e. The van der Waals surface area contributed by atoms with Gasteiger partial charge in [0.1, 0.15) is 6.04 Å². The second kappa shape index (κ2) is 10.6. The third-order valence-electron chi connectivity index (χ3n) is 6.72. The molecule has 38 heavy (non-hydrogen) atoms. The molecule has 3 aromatic rings. The van der Waals surface area contributed by atoms with Crippen molar-refractivity contribution in [3.05, 3.63) is 59.9 Å². The summed E-state index contributed by atoms with van der Waals surface area (Å²) in [5.74, 6) is -2.20. The van der Waals surface area contributed by atoms with E-state index in [0.29, 0.717) is 30.9 Å². The van der Waals surface area contributed by atoms with Crippen LogP contribution in [-0.4, -0.2) is 70.1 Å². The zero-order valence-electron chi connectivity index (χ0n) is 20.6. The van der Waals surface area contributed by atoms with Gasteiger partial charge in [0.15, 0.2) is 0 Å². The number of alkyl halides is 3. The van der Waals surface area contributed by atoms with Crippen molar-refractivity contribution in [2.75, 3.05) is 35.7 Å². The van der Waals surface area contributed by atoms with E-state index in [9.17, 15) is 22.8 Å². The Morgan fingerprint density at radius 3 is 2.74 bits per heavy atom. The van der Waals surface area contributed by atoms with Crippen molar-refractivity contribution >= 4 is 35.0 Å². The largest absolute Gasteiger partial charge is 0.393 e. The summed E-state index contributed by atoms with van der Waals surface area (Å²) < 4.78 is 39.9. The highest BCUT2D eigenvalue weighted by Crippen LogP contribution is 2.39. The standard InChI is InChI=1S/C25H26F3N7O2S/c1-33-20-12-18(34-11-5-8-17(14-34)25(26,27)28)9-10-21(20)38-15-19(24(33)37)29-23(36)22-30-32-35(31-22)13-16-6-3-2-4-7-16/h2-4,6-7,9-10,12,17,19H,5,8,11,13-15H2,1H3,(H,29,36)/t17-,19+/m1/s1. The fourth-order valence-corrected chi connectivity index (χ4v) is 5.72. The van der Waals surface area contributed by atoms with Crippen LogP contribution in [0.25, 0.3) is 0 Å². The van der Waals surface area contributed by atoms with E-state index < -0.39 is 24.0 Å². The van der Waals surface area contributed by atoms with Crippen molar-refractivity contribution < 1.29 is 22.8 Å². The number of rotatable bonds is 5. The zero-order valence-corrected chi connectivity index (χ0v) is 21.4. The average molecular weight is 546 g/mol. The average Bonchev–Trinajstić information content (AvgIpc) is 3.34. The number of benzene rings is 2. The number of aromatic nitrogens is 4. The Kier molecular flexibility index (Phi) is 7.28. The number of carbonyl (C=O) groups excluding carboxylic acids is 2. The molecule has 1 aromatic heterocycles. The third-order valence-corrected chi connectivity index (χ3v) is 7.87. The van der Waals surface area contributed by atoms with Gasteiger partial charge < -0.3 is 15.1 Å². The Labute approximate surface area is 221 Å². The highest BCUT2D eigenvalue weighted by molar-refractivity contribution is 7.99. The van der Waals surface area contributed by atoms with E-state index in [1.165, 1.54) is 21.5 Å². The Bertz CT molecular complexity index is 1320. The van der Waals surface area contributed by atoms with Crippen molar-refractivity contribution in [1.82, 2.24) is 25.5 Å². The lowest BCUT2D eigenvalue weighted by atomic mass is 9.97. The van der Waals surface area contributed by atoms with Gasteiger partial charge in [-0.2, -0.15) is 18.0 Å². The molecule has 0 radical (unpaired) electrons. The highest BCUT2D eigenvalue weighted by Gasteiger charge is 2.42. The number of hydrogen-bond donors (Lipinski definition) is 1. The van der Waals surface area contributed by atoms with Crippen molar-refractivity contribution in [3.63, 3.8) is 0 Å². The topological polar surface area (TPSA) is 96.2 Å². The van der Waals surface area contributed by atoms with Gasteiger partial charge in [-0.25, -0.2) is 0 Å². The molecule has 2 aliphatic rings. The molecule has 1 N–H and O–H groups in total. The van der Waals surface area contributed by atoms with Crippen LogP contribution < -0.4 is 15.1 Å². The number of carbonyl (C=O) groups is 2. The predicted octanol–water partition coefficient (Wildman–Crippen LogP) is 3.37. The molecule has 3 heterocycles. The van der Waals surface area contributed by atoms with Crippen LogP contribution in [-0.2, 0) is 11.3 Å². The quantitative estimate of drug-likeness (QED) is 0.525. The van der Waals surface area contributed by atoms with E-state index in [1.54, 1.807) is 24.1 Å². The molecule has 0 unspecified atom stereocenters. The summed E-state index contributed by atoms with van der Waals surface area (Å²) in [4.78, 5) is 31.4. The summed E-state index contributed by atoms with van der Waals surface area (Å²) >= 11 is 1.39. The van der Waals surface area contributed by atoms with E-state index in [1.807, 2.05) is 36.4 Å². The monoisotopic (exact) mass is 545 g/mol. The van der Waals surface area contributed by atoms with E-state index >= 15 is 0 Å². The van der Waals surface area contributed by atoms with Crippen LogP contribution in [0.1, 0.15) is 29.0 Å². The first-order valence-corrected chi connectivity index (χ1v) is 13.2. The summed E-state index contributed by atoms with van der Waals surface area (Å²) in [6, 6.07) is 14.0. The number of nitrogens with zero attached hydrogens (tertiary/aromatic N) is 6. The molecule has 200 valence electrons. The van der Waals surface area contributed by atoms with Crippen LogP contribution in [0.5, 0.6) is 0 Å². The molecule has 0 spiro atoms. The summed E-state index contributed by atoms with van der Waals surface area (Å²) in [5, 5.41) is 14.6. The van der Waals surface area contributed by atoms with Gasteiger partial charge in [0.25, 0.3) is 11.7 Å². The number of likely N-dealkylation sites (N-methyl/N-ethyl adjacent to an activating group) is 1. The van der Waals surface area contributed by atoms with E-state index in [4.69, 9.17) is 0 Å². The van der Waals surface area contributed by atoms with Gasteiger partial charge in [0.05, 0.1) is 18.2 Å². The molecular formula is C25H26F3N7O2S. The van der Waals surface area contributed by atoms with Crippen molar-refractivity contribution in [3.8, 4) is 0 Å². The van der Waals surface area contributed by atoms with Crippen LogP contribution >= 0.6 is 11.8 Å². The van der Waals surface area contributed by atoms with Crippen LogP contribution in [0.3, 0.4) is 0 Å². The number of amides is 2. The molecule has 0 bridgehead atoms. The lowest BCUT2D eigenvalue weighted by molar-refractivity contribution is -0.176. The molecule has 5 rings (SSSR count). The lowest BCUT2D eigenvalue weighted by Crippen LogP contribution is -2.48. The van der Waals surface area contributed by atoms with Gasteiger partial charge in [-0.05, 0) is 41.8 Å². The van der Waals surface area contributed by atoms with E-state index in [0.717, 1.165) is 10.5 Å². The Hall–Kier alpha value is -3.61. The predicted molar refractivity (Wildman–Crippen MR) is 136 cm³/mol. The Morgan fingerprint density at radius 2 is 1.97 bits per heavy atom. The van der Waals surface area contributed by atoms with Crippen molar-refractivity contribution in [1.29, 1.82) is 0 Å². The normalized spacial score (nSPS) is 20.2. The molecule has 0 aliphatic carbocycles. The molecule has 2 atom stereocenters. The molecule has 2 aliphatic heterocycles. The maximum atomic E-state index is 13.3. The first-order chi connectivity index (χ1) is 18.2. The van der Waals surface area contributed by atoms with Crippen molar-refractivity contribution in [2.24, 2.45) is 5.92 Å². The fourth-order valence-electron chi connectivity index (χ4n) is 4.64. The van der Waals surface area contributed by atoms with E-state index in [-0.39, 0.29) is 30.5 Å². The molecule has 0 saturated carbocycles. The first kappa shape index (κ1) is 26.0. The molecular weight excluding hydrogens is 519 g/mol. The van der Waals surface area contributed by atoms with Crippen molar-refractivity contribution in [2.45, 2.75) is 36.5 Å². The van der Waals surface area contributed by atoms with Crippen LogP contribution in [0, 0.1) is 5.92 Å². The van der Waals surface area contributed by atoms with Gasteiger partial charge in [0, 0.05) is 36.5 Å². The number of fused-ring (bicyclic) bond motifs is 1. The van der Waals surface area contributed by atoms with Gasteiger partial charge in [0.2, 0.25) is 5.91 Å². The summed E-state index contributed by atoms with van der Waals surface area (Å²) in [6.07, 6.45) is -3.67. The number of nitrogens with one attached hydrogen (secondary N) is 1. The minimum Gasteiger partial charge on any atom is -0.371 e. The number of halogens is 3. The Balaban J connectivity index is 1.27. The van der Waals surface area contributed by atoms with Gasteiger partial charge >= 0.3 is 6.18 Å². The third kappa shape index (κ3) is 5.62. The zero-order chi connectivity index (χ0) is 26.9. The number of tetrazole rings is 1. The second-order valence-electron chi connectivity index (χ2n) is 9.34. The number of anilines is 2. The second-order valence-corrected chi connectivity index (χ2v) is 10.4. The molecule has 13 heteroatoms. The first-order valence-electron chi connectivity index (χ1n) is 12.2. The van der Waals surface area contributed by atoms with Gasteiger partial charge in [-0.15, -0.1) is 22.0 Å². The summed E-state index contributed by atoms with van der Waals surface area (Å²) in [6.45, 7) is 0.761. The maximum absolute atomic E-state index is 13.3. The fraction of sp³-hybridized carbons (Fsp3) is 0.400. The minimum absolute atomic E-state index is 0.107. The summed E-state index contributed by atoms with van der Waals surface area (Å²) in [7, 11) is 1.60. The van der Waals surface area contributed by atoms with Crippen LogP contribution in [0.2, 0.25) is 0 Å². The van der Waals surface area contributed by atoms with Gasteiger partial charge in [-0.3, -0.25) is 9.59 Å². The van der Waals surface area contributed by atoms with Crippen LogP contribution in [0.4, 0.5) is 24.5 Å². The molecule has 2 amide bonds. The molecule has 2 aromatic carbocycles. The molecule has 1 saturated heterocycles.